The van der Waals surface area contributed by atoms with Gasteiger partial charge in [0.15, 0.2) is 0 Å². The first-order valence-corrected chi connectivity index (χ1v) is 10.7. The molecule has 0 radical (unpaired) electrons. The largest absolute Gasteiger partial charge is 0.333 e. The van der Waals surface area contributed by atoms with Crippen molar-refractivity contribution in [2.45, 2.75) is 18.5 Å². The summed E-state index contributed by atoms with van der Waals surface area (Å²) in [6.45, 7) is 0.736. The van der Waals surface area contributed by atoms with E-state index in [1.165, 1.54) is 11.8 Å². The van der Waals surface area contributed by atoms with E-state index in [4.69, 9.17) is 0 Å². The highest BCUT2D eigenvalue weighted by molar-refractivity contribution is 6.09. The van der Waals surface area contributed by atoms with Crippen molar-refractivity contribution >= 4 is 17.8 Å². The number of urea groups is 1. The number of amides is 4. The molecule has 1 N–H and O–H groups in total. The Morgan fingerprint density at radius 2 is 1.53 bits per heavy atom. The number of halogens is 2. The first-order valence-electron chi connectivity index (χ1n) is 10.7. The highest BCUT2D eigenvalue weighted by Crippen LogP contribution is 2.32. The van der Waals surface area contributed by atoms with Gasteiger partial charge in [0.25, 0.3) is 5.91 Å². The van der Waals surface area contributed by atoms with Crippen LogP contribution in [0.2, 0.25) is 0 Å². The molecule has 4 rings (SSSR count). The molecule has 3 aromatic carbocycles. The van der Waals surface area contributed by atoms with Crippen molar-refractivity contribution in [1.82, 2.24) is 15.1 Å². The van der Waals surface area contributed by atoms with Crippen LogP contribution in [0.15, 0.2) is 78.9 Å². The summed E-state index contributed by atoms with van der Waals surface area (Å²) >= 11 is 0. The van der Waals surface area contributed by atoms with Crippen molar-refractivity contribution in [3.63, 3.8) is 0 Å². The standard InChI is InChI=1S/C26H23F2N3O3/c1-26(20-15-19(27)13-14-21(20)28)24(33)31(25(34)29-26)16-22(32)30(2)23(17-9-5-3-6-10-17)18-11-7-4-8-12-18/h3-15,23H,16H2,1-2H3,(H,29,34)/t26-/m1/s1. The zero-order valence-corrected chi connectivity index (χ0v) is 18.7. The van der Waals surface area contributed by atoms with Crippen LogP contribution in [0.25, 0.3) is 0 Å². The Kier molecular flexibility index (Phi) is 6.15. The molecular weight excluding hydrogens is 440 g/mol. The van der Waals surface area contributed by atoms with Gasteiger partial charge in [0.1, 0.15) is 23.7 Å². The van der Waals surface area contributed by atoms with E-state index in [2.05, 4.69) is 5.32 Å². The number of nitrogens with zero attached hydrogens (tertiary/aromatic N) is 2. The molecular formula is C26H23F2N3O3. The van der Waals surface area contributed by atoms with Crippen molar-refractivity contribution in [1.29, 1.82) is 0 Å². The number of carbonyl (C=O) groups excluding carboxylic acids is 3. The molecule has 0 spiro atoms. The average molecular weight is 463 g/mol. The van der Waals surface area contributed by atoms with Gasteiger partial charge in [-0.3, -0.25) is 14.5 Å². The van der Waals surface area contributed by atoms with E-state index in [1.807, 2.05) is 60.7 Å². The van der Waals surface area contributed by atoms with Gasteiger partial charge in [-0.1, -0.05) is 60.7 Å². The summed E-state index contributed by atoms with van der Waals surface area (Å²) in [5, 5.41) is 2.41. The lowest BCUT2D eigenvalue weighted by atomic mass is 9.91. The van der Waals surface area contributed by atoms with E-state index in [0.29, 0.717) is 0 Å². The first kappa shape index (κ1) is 23.1. The summed E-state index contributed by atoms with van der Waals surface area (Å²) in [6.07, 6.45) is 0. The molecule has 1 fully saturated rings. The highest BCUT2D eigenvalue weighted by atomic mass is 19.1. The van der Waals surface area contributed by atoms with E-state index in [9.17, 15) is 23.2 Å². The molecule has 1 aliphatic heterocycles. The molecule has 34 heavy (non-hydrogen) atoms. The van der Waals surface area contributed by atoms with Gasteiger partial charge in [-0.05, 0) is 36.2 Å². The van der Waals surface area contributed by atoms with Gasteiger partial charge in [0.2, 0.25) is 5.91 Å². The van der Waals surface area contributed by atoms with E-state index in [0.717, 1.165) is 34.2 Å². The minimum absolute atomic E-state index is 0.305. The summed E-state index contributed by atoms with van der Waals surface area (Å²) in [5.74, 6) is -2.91. The maximum Gasteiger partial charge on any atom is 0.325 e. The Morgan fingerprint density at radius 3 is 2.09 bits per heavy atom. The maximum absolute atomic E-state index is 14.4. The second-order valence-electron chi connectivity index (χ2n) is 8.30. The van der Waals surface area contributed by atoms with Gasteiger partial charge in [-0.15, -0.1) is 0 Å². The number of nitrogens with one attached hydrogen (secondary N) is 1. The lowest BCUT2D eigenvalue weighted by Gasteiger charge is -2.30. The molecule has 0 aliphatic carbocycles. The van der Waals surface area contributed by atoms with Crippen LogP contribution in [0.3, 0.4) is 0 Å². The summed E-state index contributed by atoms with van der Waals surface area (Å²) in [4.78, 5) is 41.3. The fourth-order valence-electron chi connectivity index (χ4n) is 4.20. The fraction of sp³-hybridized carbons (Fsp3) is 0.192. The molecule has 1 atom stereocenters. The molecule has 3 aromatic rings. The van der Waals surface area contributed by atoms with Crippen LogP contribution in [-0.4, -0.2) is 41.2 Å². The second kappa shape index (κ2) is 9.05. The van der Waals surface area contributed by atoms with Crippen LogP contribution < -0.4 is 5.32 Å². The number of rotatable bonds is 6. The monoisotopic (exact) mass is 463 g/mol. The Labute approximate surface area is 195 Å². The Balaban J connectivity index is 1.60. The van der Waals surface area contributed by atoms with Crippen LogP contribution >= 0.6 is 0 Å². The van der Waals surface area contributed by atoms with Gasteiger partial charge >= 0.3 is 6.03 Å². The van der Waals surface area contributed by atoms with E-state index < -0.39 is 47.6 Å². The van der Waals surface area contributed by atoms with Crippen molar-refractivity contribution in [3.8, 4) is 0 Å². The zero-order chi connectivity index (χ0) is 24.5. The molecule has 0 saturated carbocycles. The Bertz CT molecular complexity index is 1200. The van der Waals surface area contributed by atoms with Gasteiger partial charge in [-0.25, -0.2) is 13.6 Å². The fourth-order valence-corrected chi connectivity index (χ4v) is 4.20. The highest BCUT2D eigenvalue weighted by Gasteiger charge is 2.51. The van der Waals surface area contributed by atoms with Crippen molar-refractivity contribution in [3.05, 3.63) is 107 Å². The summed E-state index contributed by atoms with van der Waals surface area (Å²) in [5.41, 5.74) is -0.428. The lowest BCUT2D eigenvalue weighted by Crippen LogP contribution is -2.44. The minimum atomic E-state index is -1.83. The molecule has 174 valence electrons. The van der Waals surface area contributed by atoms with E-state index >= 15 is 0 Å². The van der Waals surface area contributed by atoms with Crippen LogP contribution in [0, 0.1) is 11.6 Å². The quantitative estimate of drug-likeness (QED) is 0.563. The average Bonchev–Trinajstić information content (AvgIpc) is 3.05. The number of benzene rings is 3. The Hall–Kier alpha value is -4.07. The number of hydrogen-bond acceptors (Lipinski definition) is 3. The number of carbonyl (C=O) groups is 3. The van der Waals surface area contributed by atoms with Crippen LogP contribution in [0.4, 0.5) is 13.6 Å². The molecule has 8 heteroatoms. The minimum Gasteiger partial charge on any atom is -0.333 e. The molecule has 6 nitrogen and oxygen atoms in total. The molecule has 1 aliphatic rings. The third-order valence-corrected chi connectivity index (χ3v) is 6.05. The topological polar surface area (TPSA) is 69.7 Å². The second-order valence-corrected chi connectivity index (χ2v) is 8.30. The van der Waals surface area contributed by atoms with Gasteiger partial charge in [0, 0.05) is 12.6 Å². The van der Waals surface area contributed by atoms with Crippen LogP contribution in [0.5, 0.6) is 0 Å². The third kappa shape index (κ3) is 4.14. The zero-order valence-electron chi connectivity index (χ0n) is 18.7. The number of imide groups is 1. The van der Waals surface area contributed by atoms with Gasteiger partial charge in [0.05, 0.1) is 6.04 Å². The van der Waals surface area contributed by atoms with Gasteiger partial charge in [-0.2, -0.15) is 0 Å². The van der Waals surface area contributed by atoms with E-state index in [1.54, 1.807) is 7.05 Å². The smallest absolute Gasteiger partial charge is 0.325 e. The van der Waals surface area contributed by atoms with Gasteiger partial charge < -0.3 is 10.2 Å². The molecule has 1 heterocycles. The van der Waals surface area contributed by atoms with Crippen molar-refractivity contribution in [2.75, 3.05) is 13.6 Å². The Morgan fingerprint density at radius 1 is 0.971 bits per heavy atom. The lowest BCUT2D eigenvalue weighted by molar-refractivity contribution is -0.139. The summed E-state index contributed by atoms with van der Waals surface area (Å²) < 4.78 is 28.2. The molecule has 0 unspecified atom stereocenters. The van der Waals surface area contributed by atoms with Crippen LogP contribution in [-0.2, 0) is 15.1 Å². The predicted octanol–water partition coefficient (Wildman–Crippen LogP) is 3.98. The van der Waals surface area contributed by atoms with Crippen molar-refractivity contribution in [2.24, 2.45) is 0 Å². The normalized spacial score (nSPS) is 17.7. The van der Waals surface area contributed by atoms with Crippen LogP contribution in [0.1, 0.15) is 29.7 Å². The SMILES string of the molecule is CN(C(=O)CN1C(=O)N[C@](C)(c2cc(F)ccc2F)C1=O)C(c1ccccc1)c1ccccc1. The number of likely N-dealkylation sites (N-methyl/N-ethyl adjacent to an activating group) is 1. The number of hydrogen-bond donors (Lipinski definition) is 1. The molecule has 0 bridgehead atoms. The summed E-state index contributed by atoms with van der Waals surface area (Å²) in [6, 6.07) is 20.1. The molecule has 0 aromatic heterocycles. The molecule has 4 amide bonds. The predicted molar refractivity (Wildman–Crippen MR) is 121 cm³/mol. The third-order valence-electron chi connectivity index (χ3n) is 6.05. The summed E-state index contributed by atoms with van der Waals surface area (Å²) in [7, 11) is 1.59. The first-order chi connectivity index (χ1) is 16.2. The molecule has 1 saturated heterocycles. The van der Waals surface area contributed by atoms with E-state index in [-0.39, 0.29) is 5.56 Å². The van der Waals surface area contributed by atoms with Crippen molar-refractivity contribution < 1.29 is 23.2 Å². The maximum atomic E-state index is 14.4.